The third kappa shape index (κ3) is 2.01. The van der Waals surface area contributed by atoms with Crippen molar-refractivity contribution in [2.45, 2.75) is 13.5 Å². The fraction of sp³-hybridized carbons (Fsp3) is 0.333. The summed E-state index contributed by atoms with van der Waals surface area (Å²) < 4.78 is 2.10. The molecular weight excluding hydrogens is 210 g/mol. The van der Waals surface area contributed by atoms with Crippen LogP contribution in [0.2, 0.25) is 5.02 Å². The number of aliphatic hydroxyl groups excluding tert-OH is 1. The molecule has 0 fully saturated rings. The Morgan fingerprint density at radius 1 is 1.40 bits per heavy atom. The van der Waals surface area contributed by atoms with Gasteiger partial charge in [-0.3, -0.25) is 0 Å². The van der Waals surface area contributed by atoms with Crippen LogP contribution in [0.1, 0.15) is 6.92 Å². The van der Waals surface area contributed by atoms with Crippen molar-refractivity contribution in [3.63, 3.8) is 0 Å². The molecule has 15 heavy (non-hydrogen) atoms. The zero-order valence-electron chi connectivity index (χ0n) is 8.65. The number of benzene rings is 1. The number of aliphatic hydroxyl groups is 1. The van der Waals surface area contributed by atoms with Gasteiger partial charge in [0, 0.05) is 24.7 Å². The standard InChI is InChI=1S/C12H14ClNO/c1-9(8-15)7-14-6-5-10-3-2-4-11(13)12(10)14/h2-6,9,15H,7-8H2,1H3. The summed E-state index contributed by atoms with van der Waals surface area (Å²) in [4.78, 5) is 0. The van der Waals surface area contributed by atoms with E-state index in [9.17, 15) is 0 Å². The first-order valence-corrected chi connectivity index (χ1v) is 5.44. The molecule has 0 amide bonds. The number of aromatic nitrogens is 1. The Hall–Kier alpha value is -0.990. The van der Waals surface area contributed by atoms with Gasteiger partial charge in [-0.2, -0.15) is 0 Å². The van der Waals surface area contributed by atoms with Crippen LogP contribution in [-0.2, 0) is 6.54 Å². The van der Waals surface area contributed by atoms with Crippen LogP contribution < -0.4 is 0 Å². The summed E-state index contributed by atoms with van der Waals surface area (Å²) in [5.41, 5.74) is 1.06. The van der Waals surface area contributed by atoms with E-state index >= 15 is 0 Å². The highest BCUT2D eigenvalue weighted by molar-refractivity contribution is 6.35. The first-order valence-electron chi connectivity index (χ1n) is 5.06. The van der Waals surface area contributed by atoms with Crippen molar-refractivity contribution in [2.24, 2.45) is 5.92 Å². The van der Waals surface area contributed by atoms with Crippen molar-refractivity contribution < 1.29 is 5.11 Å². The largest absolute Gasteiger partial charge is 0.396 e. The summed E-state index contributed by atoms with van der Waals surface area (Å²) in [6.45, 7) is 3.01. The van der Waals surface area contributed by atoms with Gasteiger partial charge in [-0.1, -0.05) is 30.7 Å². The maximum absolute atomic E-state index is 9.03. The summed E-state index contributed by atoms with van der Waals surface area (Å²) in [6.07, 6.45) is 2.02. The number of hydrogen-bond acceptors (Lipinski definition) is 1. The van der Waals surface area contributed by atoms with Crippen LogP contribution in [0.25, 0.3) is 10.9 Å². The maximum atomic E-state index is 9.03. The number of fused-ring (bicyclic) bond motifs is 1. The highest BCUT2D eigenvalue weighted by atomic mass is 35.5. The molecule has 0 saturated carbocycles. The first kappa shape index (κ1) is 10.5. The second-order valence-electron chi connectivity index (χ2n) is 3.93. The van der Waals surface area contributed by atoms with E-state index in [1.807, 2.05) is 37.4 Å². The second kappa shape index (κ2) is 4.25. The quantitative estimate of drug-likeness (QED) is 0.851. The predicted octanol–water partition coefficient (Wildman–Crippen LogP) is 2.92. The van der Waals surface area contributed by atoms with Crippen LogP contribution in [0.4, 0.5) is 0 Å². The van der Waals surface area contributed by atoms with E-state index < -0.39 is 0 Å². The zero-order valence-corrected chi connectivity index (χ0v) is 9.41. The predicted molar refractivity (Wildman–Crippen MR) is 63.2 cm³/mol. The van der Waals surface area contributed by atoms with Gasteiger partial charge in [0.25, 0.3) is 0 Å². The van der Waals surface area contributed by atoms with E-state index in [-0.39, 0.29) is 12.5 Å². The molecule has 2 aromatic rings. The molecule has 3 heteroatoms. The lowest BCUT2D eigenvalue weighted by molar-refractivity contribution is 0.224. The van der Waals surface area contributed by atoms with Crippen LogP contribution in [0.15, 0.2) is 30.5 Å². The lowest BCUT2D eigenvalue weighted by Gasteiger charge is -2.11. The lowest BCUT2D eigenvalue weighted by Crippen LogP contribution is -2.10. The van der Waals surface area contributed by atoms with Gasteiger partial charge < -0.3 is 9.67 Å². The number of nitrogens with zero attached hydrogens (tertiary/aromatic N) is 1. The molecule has 2 rings (SSSR count). The minimum absolute atomic E-state index is 0.199. The highest BCUT2D eigenvalue weighted by Crippen LogP contribution is 2.24. The summed E-state index contributed by atoms with van der Waals surface area (Å²) in [5.74, 6) is 0.247. The van der Waals surface area contributed by atoms with Gasteiger partial charge >= 0.3 is 0 Å². The third-order valence-corrected chi connectivity index (χ3v) is 2.86. The van der Waals surface area contributed by atoms with Gasteiger partial charge in [0.1, 0.15) is 0 Å². The molecule has 1 heterocycles. The summed E-state index contributed by atoms with van der Waals surface area (Å²) in [5, 5.41) is 10.9. The van der Waals surface area contributed by atoms with Crippen molar-refractivity contribution in [2.75, 3.05) is 6.61 Å². The average Bonchev–Trinajstić information content (AvgIpc) is 2.63. The highest BCUT2D eigenvalue weighted by Gasteiger charge is 2.07. The third-order valence-electron chi connectivity index (χ3n) is 2.56. The molecule has 0 spiro atoms. The number of rotatable bonds is 3. The molecule has 1 atom stereocenters. The minimum atomic E-state index is 0.199. The van der Waals surface area contributed by atoms with Gasteiger partial charge in [-0.25, -0.2) is 0 Å². The van der Waals surface area contributed by atoms with E-state index in [0.717, 1.165) is 22.5 Å². The summed E-state index contributed by atoms with van der Waals surface area (Å²) in [7, 11) is 0. The van der Waals surface area contributed by atoms with Gasteiger partial charge in [0.2, 0.25) is 0 Å². The Kier molecular flexibility index (Phi) is 2.98. The minimum Gasteiger partial charge on any atom is -0.396 e. The van der Waals surface area contributed by atoms with Crippen LogP contribution in [0, 0.1) is 5.92 Å². The van der Waals surface area contributed by atoms with Crippen molar-refractivity contribution in [1.29, 1.82) is 0 Å². The van der Waals surface area contributed by atoms with Gasteiger partial charge in [-0.15, -0.1) is 0 Å². The van der Waals surface area contributed by atoms with Crippen LogP contribution in [0.5, 0.6) is 0 Å². The molecule has 2 nitrogen and oxygen atoms in total. The molecule has 1 aromatic heterocycles. The zero-order chi connectivity index (χ0) is 10.8. The van der Waals surface area contributed by atoms with Gasteiger partial charge in [0.15, 0.2) is 0 Å². The molecule has 80 valence electrons. The molecule has 0 saturated heterocycles. The Morgan fingerprint density at radius 3 is 2.93 bits per heavy atom. The summed E-state index contributed by atoms with van der Waals surface area (Å²) >= 11 is 6.15. The van der Waals surface area contributed by atoms with Gasteiger partial charge in [-0.05, 0) is 18.1 Å². The van der Waals surface area contributed by atoms with Crippen LogP contribution in [-0.4, -0.2) is 16.3 Å². The van der Waals surface area contributed by atoms with E-state index in [1.54, 1.807) is 0 Å². The molecular formula is C12H14ClNO. The molecule has 0 aliphatic carbocycles. The Labute approximate surface area is 94.1 Å². The molecule has 0 bridgehead atoms. The molecule has 0 aliphatic rings. The topological polar surface area (TPSA) is 25.2 Å². The Morgan fingerprint density at radius 2 is 2.20 bits per heavy atom. The molecule has 1 aromatic carbocycles. The monoisotopic (exact) mass is 223 g/mol. The van der Waals surface area contributed by atoms with Gasteiger partial charge in [0.05, 0.1) is 10.5 Å². The SMILES string of the molecule is CC(CO)Cn1ccc2cccc(Cl)c21. The average molecular weight is 224 g/mol. The van der Waals surface area contributed by atoms with Crippen LogP contribution >= 0.6 is 11.6 Å². The van der Waals surface area contributed by atoms with E-state index in [4.69, 9.17) is 16.7 Å². The van der Waals surface area contributed by atoms with E-state index in [1.165, 1.54) is 0 Å². The summed E-state index contributed by atoms with van der Waals surface area (Å²) in [6, 6.07) is 7.93. The molecule has 0 radical (unpaired) electrons. The van der Waals surface area contributed by atoms with Crippen molar-refractivity contribution in [1.82, 2.24) is 4.57 Å². The molecule has 0 aliphatic heterocycles. The second-order valence-corrected chi connectivity index (χ2v) is 4.34. The molecule has 1 unspecified atom stereocenters. The smallest absolute Gasteiger partial charge is 0.0669 e. The van der Waals surface area contributed by atoms with Crippen molar-refractivity contribution in [3.05, 3.63) is 35.5 Å². The van der Waals surface area contributed by atoms with Crippen LogP contribution in [0.3, 0.4) is 0 Å². The van der Waals surface area contributed by atoms with Crippen molar-refractivity contribution in [3.8, 4) is 0 Å². The number of halogens is 1. The van der Waals surface area contributed by atoms with E-state index in [0.29, 0.717) is 0 Å². The number of para-hydroxylation sites is 1. The molecule has 1 N–H and O–H groups in total. The normalized spacial score (nSPS) is 13.3. The maximum Gasteiger partial charge on any atom is 0.0669 e. The number of hydrogen-bond donors (Lipinski definition) is 1. The fourth-order valence-electron chi connectivity index (χ4n) is 1.76. The van der Waals surface area contributed by atoms with E-state index in [2.05, 4.69) is 4.57 Å². The fourth-order valence-corrected chi connectivity index (χ4v) is 2.05. The Bertz CT molecular complexity index is 464. The Balaban J connectivity index is 2.43. The van der Waals surface area contributed by atoms with Crippen molar-refractivity contribution >= 4 is 22.5 Å². The lowest BCUT2D eigenvalue weighted by atomic mass is 10.2. The first-order chi connectivity index (χ1) is 7.22.